The van der Waals surface area contributed by atoms with Gasteiger partial charge in [0.15, 0.2) is 6.10 Å². The molecule has 5 atom stereocenters. The van der Waals surface area contributed by atoms with Crippen LogP contribution < -0.4 is 0 Å². The van der Waals surface area contributed by atoms with E-state index >= 15 is 0 Å². The molecule has 0 aromatic carbocycles. The van der Waals surface area contributed by atoms with Crippen molar-refractivity contribution in [2.45, 2.75) is 322 Å². The second-order valence-electron chi connectivity index (χ2n) is 27.2. The van der Waals surface area contributed by atoms with Gasteiger partial charge in [0, 0.05) is 19.3 Å². The number of hydrogen-bond donors (Lipinski definition) is 4. The maximum absolute atomic E-state index is 13.0. The number of carbonyl (C=O) groups is 3. The van der Waals surface area contributed by atoms with Gasteiger partial charge in [-0.15, -0.1) is 0 Å². The van der Waals surface area contributed by atoms with E-state index in [0.29, 0.717) is 19.3 Å². The number of phosphoric acid groups is 2. The minimum atomic E-state index is -4.96. The molecule has 0 aliphatic rings. The van der Waals surface area contributed by atoms with Crippen molar-refractivity contribution in [1.29, 1.82) is 0 Å². The van der Waals surface area contributed by atoms with Crippen LogP contribution in [-0.2, 0) is 55.8 Å². The van der Waals surface area contributed by atoms with Crippen molar-refractivity contribution >= 4 is 33.6 Å². The Balaban J connectivity index is 4.66. The van der Waals surface area contributed by atoms with E-state index in [1.807, 2.05) is 0 Å². The number of allylic oxidation sites excluding steroid dienone is 32. The van der Waals surface area contributed by atoms with E-state index in [-0.39, 0.29) is 19.3 Å². The molecule has 0 rings (SSSR count). The number of aliphatic hydroxyl groups excluding tert-OH is 2. The molecule has 16 nitrogen and oxygen atoms in total. The van der Waals surface area contributed by atoms with Crippen LogP contribution in [0.2, 0.25) is 0 Å². The van der Waals surface area contributed by atoms with Crippen LogP contribution in [0.1, 0.15) is 303 Å². The number of aliphatic hydroxyl groups is 2. The third-order valence-electron chi connectivity index (χ3n) is 16.8. The molecule has 0 radical (unpaired) electrons. The highest BCUT2D eigenvalue weighted by atomic mass is 31.2. The standard InChI is InChI=1S/C91H148O16P2/c1-4-7-10-13-16-19-22-25-28-31-34-37-38-39-40-41-42-43-44-45-46-49-51-53-56-59-62-65-68-71-74-77-89(94)101-80-86(92)81-103-108(97,98)104-82-87(93)83-105-109(99,100)106-85-88(107-91(96)79-76-73-70-67-64-61-58-55-52-48-36-33-30-27-24-21-18-15-12-9-6-3)84-102-90(95)78-75-72-69-66-63-60-57-54-50-47-35-32-29-26-23-20-17-14-11-8-5-2/h7-8,10-11,16-21,25-30,34-37,39-40,42-43,47-48,54-55,57-58,63,66,86-88,92-93H,4-6,9,12-15,22-24,31-33,38,41,44-46,49-53,56,59-62,64-65,67-85H2,1-3H3,(H,97,98)(H,99,100)/b10-7-,11-8-,19-16-,20-17-,21-18-,28-25-,29-26-,30-27-,37-34-,40-39-,43-42-,47-35-,48-36-,57-54-,58-55-,66-63-. The minimum Gasteiger partial charge on any atom is -0.463 e. The van der Waals surface area contributed by atoms with E-state index in [1.165, 1.54) is 70.6 Å². The molecule has 5 unspecified atom stereocenters. The second-order valence-corrected chi connectivity index (χ2v) is 30.1. The number of esters is 3. The van der Waals surface area contributed by atoms with Crippen molar-refractivity contribution in [3.05, 3.63) is 194 Å². The van der Waals surface area contributed by atoms with Gasteiger partial charge in [-0.25, -0.2) is 9.13 Å². The van der Waals surface area contributed by atoms with E-state index in [4.69, 9.17) is 32.3 Å². The average Bonchev–Trinajstić information content (AvgIpc) is 0.903. The Morgan fingerprint density at radius 3 is 0.789 bits per heavy atom. The van der Waals surface area contributed by atoms with Gasteiger partial charge in [0.25, 0.3) is 0 Å². The van der Waals surface area contributed by atoms with Crippen LogP contribution >= 0.6 is 15.6 Å². The topological polar surface area (TPSA) is 231 Å². The van der Waals surface area contributed by atoms with Gasteiger partial charge in [-0.05, 0) is 167 Å². The van der Waals surface area contributed by atoms with Crippen molar-refractivity contribution in [2.75, 3.05) is 39.6 Å². The molecule has 0 amide bonds. The summed E-state index contributed by atoms with van der Waals surface area (Å²) in [7, 11) is -9.83. The zero-order valence-corrected chi connectivity index (χ0v) is 69.4. The van der Waals surface area contributed by atoms with Crippen LogP contribution in [0.3, 0.4) is 0 Å². The Hall–Kier alpha value is -5.61. The third kappa shape index (κ3) is 83.2. The normalized spacial score (nSPS) is 14.9. The summed E-state index contributed by atoms with van der Waals surface area (Å²) in [6.07, 6.45) is 108. The zero-order valence-electron chi connectivity index (χ0n) is 67.6. The van der Waals surface area contributed by atoms with Gasteiger partial charge < -0.3 is 34.2 Å². The fourth-order valence-corrected chi connectivity index (χ4v) is 12.1. The van der Waals surface area contributed by atoms with Crippen molar-refractivity contribution in [3.8, 4) is 0 Å². The molecule has 0 spiro atoms. The molecule has 0 saturated heterocycles. The number of carbonyl (C=O) groups excluding carboxylic acids is 3. The summed E-state index contributed by atoms with van der Waals surface area (Å²) in [5.74, 6) is -1.66. The molecule has 0 aliphatic carbocycles. The van der Waals surface area contributed by atoms with Crippen LogP contribution in [0, 0.1) is 0 Å². The molecule has 0 aromatic rings. The van der Waals surface area contributed by atoms with Gasteiger partial charge in [-0.3, -0.25) is 32.5 Å². The summed E-state index contributed by atoms with van der Waals surface area (Å²) in [6.45, 7) is 2.34. The Morgan fingerprint density at radius 1 is 0.266 bits per heavy atom. The molecule has 0 aliphatic heterocycles. The Kier molecular flexibility index (Phi) is 77.7. The average molecular weight is 1560 g/mol. The van der Waals surface area contributed by atoms with Crippen LogP contribution in [0.15, 0.2) is 194 Å². The second kappa shape index (κ2) is 81.9. The SMILES string of the molecule is CC/C=C\C/C=C\C/C=C\C/C=C\C/C=C\C/C=C\CCCCCCCCCCCCCCC(=O)OCC(O)COP(=O)(O)OCC(O)COP(=O)(O)OCC(COC(=O)CCCC/C=C\C/C=C\C/C=C\C/C=C\C/C=C\C/C=C\CC)OC(=O)CCCCCCC/C=C\C/C=C\C/C=C\C/C=C\CCCCC. The smallest absolute Gasteiger partial charge is 0.463 e. The highest BCUT2D eigenvalue weighted by Gasteiger charge is 2.29. The first-order valence-electron chi connectivity index (χ1n) is 41.7. The van der Waals surface area contributed by atoms with Gasteiger partial charge in [-0.1, -0.05) is 312 Å². The van der Waals surface area contributed by atoms with Crippen LogP contribution in [0.25, 0.3) is 0 Å². The first-order valence-corrected chi connectivity index (χ1v) is 44.7. The molecule has 0 aromatic heterocycles. The zero-order chi connectivity index (χ0) is 79.4. The van der Waals surface area contributed by atoms with Crippen LogP contribution in [-0.4, -0.2) is 95.9 Å². The van der Waals surface area contributed by atoms with Crippen molar-refractivity contribution in [1.82, 2.24) is 0 Å². The number of unbranched alkanes of at least 4 members (excludes halogenated alkanes) is 22. The lowest BCUT2D eigenvalue weighted by Gasteiger charge is -2.21. The Morgan fingerprint density at radius 2 is 0.486 bits per heavy atom. The largest absolute Gasteiger partial charge is 0.472 e. The lowest BCUT2D eigenvalue weighted by atomic mass is 10.0. The van der Waals surface area contributed by atoms with E-state index in [0.717, 1.165) is 173 Å². The summed E-state index contributed by atoms with van der Waals surface area (Å²) in [5, 5.41) is 20.7. The van der Waals surface area contributed by atoms with E-state index in [1.54, 1.807) is 0 Å². The van der Waals surface area contributed by atoms with Gasteiger partial charge in [-0.2, -0.15) is 0 Å². The quantitative estimate of drug-likeness (QED) is 0.0146. The number of ether oxygens (including phenoxy) is 3. The van der Waals surface area contributed by atoms with Crippen LogP contribution in [0.5, 0.6) is 0 Å². The lowest BCUT2D eigenvalue weighted by molar-refractivity contribution is -0.161. The summed E-state index contributed by atoms with van der Waals surface area (Å²) >= 11 is 0. The molecule has 109 heavy (non-hydrogen) atoms. The molecule has 18 heteroatoms. The molecule has 0 heterocycles. The van der Waals surface area contributed by atoms with Gasteiger partial charge in [0.1, 0.15) is 25.4 Å². The van der Waals surface area contributed by atoms with Crippen molar-refractivity contribution in [2.24, 2.45) is 0 Å². The highest BCUT2D eigenvalue weighted by molar-refractivity contribution is 7.47. The first-order chi connectivity index (χ1) is 53.2. The maximum atomic E-state index is 13.0. The molecule has 0 saturated carbocycles. The highest BCUT2D eigenvalue weighted by Crippen LogP contribution is 2.45. The minimum absolute atomic E-state index is 0.0662. The Labute approximate surface area is 661 Å². The van der Waals surface area contributed by atoms with Gasteiger partial charge >= 0.3 is 33.6 Å². The maximum Gasteiger partial charge on any atom is 0.472 e. The monoisotopic (exact) mass is 1560 g/mol. The summed E-state index contributed by atoms with van der Waals surface area (Å²) in [4.78, 5) is 58.8. The van der Waals surface area contributed by atoms with Crippen molar-refractivity contribution in [3.63, 3.8) is 0 Å². The molecule has 0 fully saturated rings. The molecule has 4 N–H and O–H groups in total. The van der Waals surface area contributed by atoms with Crippen molar-refractivity contribution < 1.29 is 75.8 Å². The molecule has 0 bridgehead atoms. The van der Waals surface area contributed by atoms with E-state index < -0.39 is 91.5 Å². The third-order valence-corrected chi connectivity index (χ3v) is 18.7. The summed E-state index contributed by atoms with van der Waals surface area (Å²) < 4.78 is 61.2. The van der Waals surface area contributed by atoms with Gasteiger partial charge in [0.05, 0.1) is 26.4 Å². The van der Waals surface area contributed by atoms with E-state index in [9.17, 15) is 43.5 Å². The summed E-state index contributed by atoms with van der Waals surface area (Å²) in [5.41, 5.74) is 0. The Bertz CT molecular complexity index is 2760. The number of phosphoric ester groups is 2. The van der Waals surface area contributed by atoms with Gasteiger partial charge in [0.2, 0.25) is 0 Å². The fraction of sp³-hybridized carbons (Fsp3) is 0.615. The van der Waals surface area contributed by atoms with E-state index in [2.05, 4.69) is 215 Å². The lowest BCUT2D eigenvalue weighted by Crippen LogP contribution is -2.30. The first kappa shape index (κ1) is 103. The predicted molar refractivity (Wildman–Crippen MR) is 454 cm³/mol. The van der Waals surface area contributed by atoms with Crippen LogP contribution in [0.4, 0.5) is 0 Å². The fourth-order valence-electron chi connectivity index (χ4n) is 10.5. The predicted octanol–water partition coefficient (Wildman–Crippen LogP) is 25.1. The summed E-state index contributed by atoms with van der Waals surface area (Å²) in [6, 6.07) is 0. The number of rotatable bonds is 77. The number of hydrogen-bond acceptors (Lipinski definition) is 14. The molecular weight excluding hydrogens is 1410 g/mol. The molecule has 618 valence electrons. The molecular formula is C91H148O16P2.